The van der Waals surface area contributed by atoms with Gasteiger partial charge in [0.15, 0.2) is 5.82 Å². The predicted molar refractivity (Wildman–Crippen MR) is 93.1 cm³/mol. The van der Waals surface area contributed by atoms with Gasteiger partial charge >= 0.3 is 0 Å². The van der Waals surface area contributed by atoms with E-state index in [1.807, 2.05) is 28.0 Å². The van der Waals surface area contributed by atoms with E-state index >= 15 is 0 Å². The summed E-state index contributed by atoms with van der Waals surface area (Å²) in [5.74, 6) is 1.54. The Morgan fingerprint density at radius 3 is 2.68 bits per heavy atom. The fourth-order valence-electron chi connectivity index (χ4n) is 2.92. The molecule has 1 fully saturated rings. The van der Waals surface area contributed by atoms with Crippen LogP contribution in [0.4, 0.5) is 11.6 Å². The zero-order chi connectivity index (χ0) is 17.2. The molecule has 0 bridgehead atoms. The summed E-state index contributed by atoms with van der Waals surface area (Å²) in [5.41, 5.74) is 4.84. The standard InChI is InChI=1S/C16H18N8O/c1-13-14(23-3-2-17-11-23)9-20-24(13)16-8-15(18-10-19-16)22-6-4-21(12-25)5-7-22/h2-3,8-12,20H,1,4-7H2. The number of aromatic nitrogens is 4. The fraction of sp³-hybridized carbons (Fsp3) is 0.250. The molecule has 1 amide bonds. The van der Waals surface area contributed by atoms with Crippen molar-refractivity contribution >= 4 is 23.7 Å². The highest BCUT2D eigenvalue weighted by Gasteiger charge is 2.23. The number of carbonyl (C=O) groups excluding carboxylic acids is 1. The van der Waals surface area contributed by atoms with Crippen LogP contribution in [0.3, 0.4) is 0 Å². The zero-order valence-electron chi connectivity index (χ0n) is 13.6. The first-order valence-electron chi connectivity index (χ1n) is 7.96. The van der Waals surface area contributed by atoms with E-state index in [1.54, 1.807) is 23.8 Å². The van der Waals surface area contributed by atoms with Crippen molar-refractivity contribution in [1.29, 1.82) is 0 Å². The summed E-state index contributed by atoms with van der Waals surface area (Å²) < 4.78 is 1.89. The van der Waals surface area contributed by atoms with Crippen LogP contribution in [0, 0.1) is 0 Å². The SMILES string of the molecule is C=C1C(n2ccnc2)=CNN1c1cc(N2CCN(C=O)CC2)ncn1. The number of nitrogens with one attached hydrogen (secondary N) is 1. The largest absolute Gasteiger partial charge is 0.353 e. The van der Waals surface area contributed by atoms with Crippen LogP contribution in [0.15, 0.2) is 49.6 Å². The maximum absolute atomic E-state index is 10.8. The average molecular weight is 338 g/mol. The van der Waals surface area contributed by atoms with E-state index in [9.17, 15) is 4.79 Å². The first-order chi connectivity index (χ1) is 12.3. The summed E-state index contributed by atoms with van der Waals surface area (Å²) in [4.78, 5) is 27.5. The van der Waals surface area contributed by atoms with Gasteiger partial charge in [0.2, 0.25) is 6.41 Å². The zero-order valence-corrected chi connectivity index (χ0v) is 13.6. The van der Waals surface area contributed by atoms with Gasteiger partial charge in [-0.25, -0.2) is 20.0 Å². The second kappa shape index (κ2) is 6.27. The average Bonchev–Trinajstić information content (AvgIpc) is 3.31. The molecule has 2 aromatic heterocycles. The third-order valence-corrected chi connectivity index (χ3v) is 4.33. The minimum absolute atomic E-state index is 0.698. The number of carbonyl (C=O) groups is 1. The van der Waals surface area contributed by atoms with Crippen molar-refractivity contribution in [3.63, 3.8) is 0 Å². The van der Waals surface area contributed by atoms with Crippen LogP contribution in [0.1, 0.15) is 0 Å². The molecule has 4 heterocycles. The topological polar surface area (TPSA) is 82.4 Å². The molecule has 2 aromatic rings. The number of anilines is 2. The van der Waals surface area contributed by atoms with Gasteiger partial charge in [-0.05, 0) is 0 Å². The number of rotatable bonds is 4. The minimum atomic E-state index is 0.698. The molecular weight excluding hydrogens is 320 g/mol. The number of piperazine rings is 1. The quantitative estimate of drug-likeness (QED) is 0.802. The molecule has 0 saturated carbocycles. The highest BCUT2D eigenvalue weighted by Crippen LogP contribution is 2.27. The molecule has 0 radical (unpaired) electrons. The second-order valence-corrected chi connectivity index (χ2v) is 5.77. The Labute approximate surface area is 144 Å². The Balaban J connectivity index is 1.51. The molecule has 0 aromatic carbocycles. The van der Waals surface area contributed by atoms with Crippen molar-refractivity contribution in [2.75, 3.05) is 36.1 Å². The number of nitrogens with zero attached hydrogens (tertiary/aromatic N) is 7. The number of allylic oxidation sites excluding steroid dienone is 1. The summed E-state index contributed by atoms with van der Waals surface area (Å²) in [6.07, 6.45) is 9.60. The second-order valence-electron chi connectivity index (χ2n) is 5.77. The number of hydrogen-bond acceptors (Lipinski definition) is 7. The molecule has 2 aliphatic heterocycles. The normalized spacial score (nSPS) is 17.5. The molecule has 1 N–H and O–H groups in total. The maximum atomic E-state index is 10.8. The van der Waals surface area contributed by atoms with E-state index in [4.69, 9.17) is 0 Å². The van der Waals surface area contributed by atoms with Crippen molar-refractivity contribution in [3.8, 4) is 0 Å². The maximum Gasteiger partial charge on any atom is 0.209 e. The smallest absolute Gasteiger partial charge is 0.209 e. The van der Waals surface area contributed by atoms with Gasteiger partial charge in [0.05, 0.1) is 17.7 Å². The predicted octanol–water partition coefficient (Wildman–Crippen LogP) is 0.288. The molecule has 0 aliphatic carbocycles. The molecular formula is C16H18N8O. The van der Waals surface area contributed by atoms with E-state index in [0.717, 1.165) is 36.7 Å². The van der Waals surface area contributed by atoms with Gasteiger partial charge in [-0.15, -0.1) is 0 Å². The molecule has 0 unspecified atom stereocenters. The number of hydrogen-bond donors (Lipinski definition) is 1. The summed E-state index contributed by atoms with van der Waals surface area (Å²) in [6, 6.07) is 1.92. The highest BCUT2D eigenvalue weighted by atomic mass is 16.1. The Bertz CT molecular complexity index is 807. The lowest BCUT2D eigenvalue weighted by atomic mass is 10.3. The van der Waals surface area contributed by atoms with Crippen LogP contribution < -0.4 is 15.3 Å². The molecule has 9 heteroatoms. The van der Waals surface area contributed by atoms with E-state index < -0.39 is 0 Å². The van der Waals surface area contributed by atoms with Crippen molar-refractivity contribution in [2.45, 2.75) is 0 Å². The highest BCUT2D eigenvalue weighted by molar-refractivity contribution is 5.74. The van der Waals surface area contributed by atoms with Crippen molar-refractivity contribution < 1.29 is 4.79 Å². The monoisotopic (exact) mass is 338 g/mol. The van der Waals surface area contributed by atoms with Crippen molar-refractivity contribution in [1.82, 2.24) is 29.8 Å². The van der Waals surface area contributed by atoms with Crippen LogP contribution in [0.5, 0.6) is 0 Å². The van der Waals surface area contributed by atoms with Gasteiger partial charge in [-0.3, -0.25) is 10.2 Å². The minimum Gasteiger partial charge on any atom is -0.353 e. The molecule has 25 heavy (non-hydrogen) atoms. The van der Waals surface area contributed by atoms with Crippen molar-refractivity contribution in [2.24, 2.45) is 0 Å². The summed E-state index contributed by atoms with van der Waals surface area (Å²) in [5, 5.41) is 1.81. The van der Waals surface area contributed by atoms with Gasteiger partial charge in [-0.2, -0.15) is 0 Å². The summed E-state index contributed by atoms with van der Waals surface area (Å²) in [7, 11) is 0. The first kappa shape index (κ1) is 15.2. The van der Waals surface area contributed by atoms with Gasteiger partial charge in [-0.1, -0.05) is 6.58 Å². The van der Waals surface area contributed by atoms with Crippen LogP contribution in [0.25, 0.3) is 5.70 Å². The molecule has 0 atom stereocenters. The van der Waals surface area contributed by atoms with Crippen molar-refractivity contribution in [3.05, 3.63) is 49.6 Å². The molecule has 128 valence electrons. The third kappa shape index (κ3) is 2.80. The van der Waals surface area contributed by atoms with Gasteiger partial charge in [0.1, 0.15) is 12.1 Å². The van der Waals surface area contributed by atoms with Crippen LogP contribution in [-0.4, -0.2) is 57.0 Å². The van der Waals surface area contributed by atoms with Crippen LogP contribution in [-0.2, 0) is 4.79 Å². The Morgan fingerprint density at radius 1 is 1.16 bits per heavy atom. The summed E-state index contributed by atoms with van der Waals surface area (Å²) >= 11 is 0. The first-order valence-corrected chi connectivity index (χ1v) is 7.96. The number of imidazole rings is 1. The Morgan fingerprint density at radius 2 is 1.96 bits per heavy atom. The van der Waals surface area contributed by atoms with Gasteiger partial charge in [0, 0.05) is 50.8 Å². The van der Waals surface area contributed by atoms with Crippen LogP contribution >= 0.6 is 0 Å². The lowest BCUT2D eigenvalue weighted by Crippen LogP contribution is -2.46. The van der Waals surface area contributed by atoms with E-state index in [0.29, 0.717) is 18.9 Å². The molecule has 1 saturated heterocycles. The van der Waals surface area contributed by atoms with Gasteiger partial charge < -0.3 is 14.4 Å². The molecule has 4 rings (SSSR count). The molecule has 0 spiro atoms. The summed E-state index contributed by atoms with van der Waals surface area (Å²) in [6.45, 7) is 7.04. The Kier molecular flexibility index (Phi) is 3.81. The van der Waals surface area contributed by atoms with E-state index in [-0.39, 0.29) is 0 Å². The molecule has 2 aliphatic rings. The fourth-order valence-corrected chi connectivity index (χ4v) is 2.92. The third-order valence-electron chi connectivity index (χ3n) is 4.33. The van der Waals surface area contributed by atoms with Crippen LogP contribution in [0.2, 0.25) is 0 Å². The number of hydrazine groups is 1. The molecule has 9 nitrogen and oxygen atoms in total. The Hall–Kier alpha value is -3.36. The van der Waals surface area contributed by atoms with Gasteiger partial charge in [0.25, 0.3) is 0 Å². The lowest BCUT2D eigenvalue weighted by molar-refractivity contribution is -0.118. The number of amides is 1. The lowest BCUT2D eigenvalue weighted by Gasteiger charge is -2.33. The van der Waals surface area contributed by atoms with E-state index in [1.165, 1.54) is 0 Å². The van der Waals surface area contributed by atoms with E-state index in [2.05, 4.69) is 31.9 Å².